The van der Waals surface area contributed by atoms with Crippen molar-refractivity contribution in [3.05, 3.63) is 107 Å². The molecule has 3 atom stereocenters. The number of nitrogens with one attached hydrogen (secondary N) is 4. The molecule has 0 fully saturated rings. The van der Waals surface area contributed by atoms with Gasteiger partial charge in [0.15, 0.2) is 0 Å². The molecule has 5 rings (SSSR count). The number of amides is 5. The Bertz CT molecular complexity index is 1630. The molecule has 3 aromatic rings. The van der Waals surface area contributed by atoms with Gasteiger partial charge in [0, 0.05) is 37.7 Å². The van der Waals surface area contributed by atoms with E-state index in [2.05, 4.69) is 21.3 Å². The van der Waals surface area contributed by atoms with Gasteiger partial charge in [-0.1, -0.05) is 56.3 Å². The van der Waals surface area contributed by atoms with Gasteiger partial charge in [-0.05, 0) is 67.5 Å². The minimum Gasteiger partial charge on any atom is -0.354 e. The topological polar surface area (TPSA) is 137 Å². The first-order valence-corrected chi connectivity index (χ1v) is 16.5. The van der Waals surface area contributed by atoms with Crippen LogP contribution in [0.25, 0.3) is 0 Å². The first kappa shape index (κ1) is 36.7. The average molecular weight is 676 g/mol. The van der Waals surface area contributed by atoms with Crippen LogP contribution in [-0.2, 0) is 27.3 Å². The minimum atomic E-state index is -1.04. The molecule has 3 aromatic carbocycles. The van der Waals surface area contributed by atoms with Crippen LogP contribution in [0.3, 0.4) is 0 Å². The van der Waals surface area contributed by atoms with Crippen molar-refractivity contribution in [1.29, 1.82) is 0 Å². The van der Waals surface area contributed by atoms with Crippen molar-refractivity contribution in [3.63, 3.8) is 0 Å². The van der Waals surface area contributed by atoms with E-state index < -0.39 is 59.3 Å². The highest BCUT2D eigenvalue weighted by Gasteiger charge is 2.30. The quantitative estimate of drug-likeness (QED) is 0.305. The summed E-state index contributed by atoms with van der Waals surface area (Å²) in [5, 5.41) is 11.1. The molecule has 49 heavy (non-hydrogen) atoms. The predicted octanol–water partition coefficient (Wildman–Crippen LogP) is 3.89. The molecule has 12 heteroatoms. The maximum Gasteiger partial charge on any atom is 0.257 e. The Hall–Kier alpha value is -5.13. The standard InChI is InChI=1S/C37H43F2N5O5/c1-23(2)19-31-35(47)41-24(3)33(45)40-17-7-8-18-44(37(49)29-16-15-28(38)21-30(29)39)22-26-11-13-27(14-12-26)34(46)42-32(36(48)43-31)20-25-9-5-4-6-10-25/h4-6,9-16,21,23-24,31-32H,7-8,17-20,22H2,1-3H3,(H,40,45)(H,41,47)(H,42,46)(H,43,48)/t24-,31+,32-/m1/s1. The number of carbonyl (C=O) groups excluding carboxylic acids is 5. The third kappa shape index (κ3) is 10.7. The fraction of sp³-hybridized carbons (Fsp3) is 0.378. The molecule has 10 nitrogen and oxygen atoms in total. The Morgan fingerprint density at radius 2 is 1.53 bits per heavy atom. The van der Waals surface area contributed by atoms with Crippen molar-refractivity contribution in [1.82, 2.24) is 26.2 Å². The smallest absolute Gasteiger partial charge is 0.257 e. The lowest BCUT2D eigenvalue weighted by molar-refractivity contribution is -0.132. The Labute approximate surface area is 285 Å². The molecule has 2 bridgehead atoms. The molecule has 2 aliphatic rings. The number of rotatable bonds is 5. The lowest BCUT2D eigenvalue weighted by atomic mass is 10.0. The van der Waals surface area contributed by atoms with E-state index in [1.165, 1.54) is 11.8 Å². The first-order valence-electron chi connectivity index (χ1n) is 16.5. The Morgan fingerprint density at radius 3 is 2.20 bits per heavy atom. The molecule has 0 saturated heterocycles. The molecule has 5 amide bonds. The molecular weight excluding hydrogens is 632 g/mol. The summed E-state index contributed by atoms with van der Waals surface area (Å²) >= 11 is 0. The summed E-state index contributed by atoms with van der Waals surface area (Å²) in [6, 6.07) is 15.5. The van der Waals surface area contributed by atoms with Gasteiger partial charge in [0.25, 0.3) is 11.8 Å². The summed E-state index contributed by atoms with van der Waals surface area (Å²) in [7, 11) is 0. The number of halogens is 2. The predicted molar refractivity (Wildman–Crippen MR) is 180 cm³/mol. The van der Waals surface area contributed by atoms with Crippen molar-refractivity contribution >= 4 is 29.5 Å². The number of nitrogens with zero attached hydrogens (tertiary/aromatic N) is 1. The second-order valence-corrected chi connectivity index (χ2v) is 12.7. The Morgan fingerprint density at radius 1 is 0.837 bits per heavy atom. The van der Waals surface area contributed by atoms with Gasteiger partial charge >= 0.3 is 0 Å². The highest BCUT2D eigenvalue weighted by atomic mass is 19.1. The summed E-state index contributed by atoms with van der Waals surface area (Å²) in [6.45, 7) is 5.88. The highest BCUT2D eigenvalue weighted by Crippen LogP contribution is 2.17. The van der Waals surface area contributed by atoms with E-state index in [0.717, 1.165) is 17.7 Å². The maximum atomic E-state index is 14.6. The van der Waals surface area contributed by atoms with Crippen LogP contribution in [0.2, 0.25) is 0 Å². The molecule has 0 radical (unpaired) electrons. The third-order valence-corrected chi connectivity index (χ3v) is 8.19. The second kappa shape index (κ2) is 17.3. The fourth-order valence-corrected chi connectivity index (χ4v) is 5.52. The summed E-state index contributed by atoms with van der Waals surface area (Å²) in [6.07, 6.45) is 1.37. The van der Waals surface area contributed by atoms with Crippen molar-refractivity contribution in [2.24, 2.45) is 5.92 Å². The van der Waals surface area contributed by atoms with Crippen LogP contribution < -0.4 is 21.3 Å². The summed E-state index contributed by atoms with van der Waals surface area (Å²) in [4.78, 5) is 68.2. The molecular formula is C37H43F2N5O5. The van der Waals surface area contributed by atoms with Crippen molar-refractivity contribution in [2.45, 2.75) is 71.1 Å². The summed E-state index contributed by atoms with van der Waals surface area (Å²) in [5.41, 5.74) is 1.43. The zero-order chi connectivity index (χ0) is 35.5. The van der Waals surface area contributed by atoms with E-state index in [4.69, 9.17) is 0 Å². The number of carbonyl (C=O) groups is 5. The van der Waals surface area contributed by atoms with Gasteiger partial charge in [-0.3, -0.25) is 24.0 Å². The van der Waals surface area contributed by atoms with Gasteiger partial charge in [0.1, 0.15) is 29.8 Å². The van der Waals surface area contributed by atoms with E-state index in [1.807, 2.05) is 44.2 Å². The fourth-order valence-electron chi connectivity index (χ4n) is 5.52. The van der Waals surface area contributed by atoms with Crippen molar-refractivity contribution in [2.75, 3.05) is 13.1 Å². The molecule has 0 aliphatic carbocycles. The van der Waals surface area contributed by atoms with Gasteiger partial charge in [-0.2, -0.15) is 0 Å². The zero-order valence-corrected chi connectivity index (χ0v) is 27.9. The van der Waals surface area contributed by atoms with Crippen LogP contribution in [0.5, 0.6) is 0 Å². The van der Waals surface area contributed by atoms with Crippen LogP contribution in [0, 0.1) is 17.6 Å². The Kier molecular flexibility index (Phi) is 13.0. The van der Waals surface area contributed by atoms with Crippen LogP contribution in [-0.4, -0.2) is 65.7 Å². The second-order valence-electron chi connectivity index (χ2n) is 12.7. The maximum absolute atomic E-state index is 14.6. The van der Waals surface area contributed by atoms with Gasteiger partial charge in [-0.15, -0.1) is 0 Å². The largest absolute Gasteiger partial charge is 0.354 e. The third-order valence-electron chi connectivity index (χ3n) is 8.19. The molecule has 260 valence electrons. The van der Waals surface area contributed by atoms with E-state index in [1.54, 1.807) is 24.3 Å². The van der Waals surface area contributed by atoms with Crippen molar-refractivity contribution < 1.29 is 32.8 Å². The van der Waals surface area contributed by atoms with Gasteiger partial charge < -0.3 is 26.2 Å². The number of hydrogen-bond donors (Lipinski definition) is 4. The lowest BCUT2D eigenvalue weighted by Crippen LogP contribution is -2.57. The summed E-state index contributed by atoms with van der Waals surface area (Å²) < 4.78 is 28.2. The highest BCUT2D eigenvalue weighted by molar-refractivity contribution is 5.99. The molecule has 4 N–H and O–H groups in total. The lowest BCUT2D eigenvalue weighted by Gasteiger charge is -2.25. The Balaban J connectivity index is 1.63. The SMILES string of the molecule is CC(C)C[C@@H]1NC(=O)[C@@H](Cc2ccccc2)NC(=O)c2ccc(cc2)CN(C(=O)c2ccc(F)cc2F)CCCCNC(=O)[C@@H](C)NC1=O. The molecule has 0 spiro atoms. The first-order chi connectivity index (χ1) is 23.4. The van der Waals surface area contributed by atoms with E-state index >= 15 is 0 Å². The normalized spacial score (nSPS) is 20.1. The van der Waals surface area contributed by atoms with E-state index in [9.17, 15) is 32.8 Å². The number of benzene rings is 3. The minimum absolute atomic E-state index is 0.0290. The molecule has 0 saturated carbocycles. The number of fused-ring (bicyclic) bond motifs is 18. The molecule has 0 aromatic heterocycles. The molecule has 0 unspecified atom stereocenters. The van der Waals surface area contributed by atoms with Crippen LogP contribution in [0.4, 0.5) is 8.78 Å². The van der Waals surface area contributed by atoms with Gasteiger partial charge in [-0.25, -0.2) is 8.78 Å². The van der Waals surface area contributed by atoms with Crippen molar-refractivity contribution in [3.8, 4) is 0 Å². The van der Waals surface area contributed by atoms with Crippen LogP contribution in [0.1, 0.15) is 71.9 Å². The average Bonchev–Trinajstić information content (AvgIpc) is 3.06. The number of hydrogen-bond acceptors (Lipinski definition) is 5. The van der Waals surface area contributed by atoms with Crippen LogP contribution in [0.15, 0.2) is 72.8 Å². The zero-order valence-electron chi connectivity index (χ0n) is 27.9. The van der Waals surface area contributed by atoms with E-state index in [-0.39, 0.29) is 43.1 Å². The molecule has 2 aliphatic heterocycles. The van der Waals surface area contributed by atoms with E-state index in [0.29, 0.717) is 30.9 Å². The van der Waals surface area contributed by atoms with Gasteiger partial charge in [0.05, 0.1) is 5.56 Å². The summed E-state index contributed by atoms with van der Waals surface area (Å²) in [5.74, 6) is -4.42. The van der Waals surface area contributed by atoms with Gasteiger partial charge in [0.2, 0.25) is 17.7 Å². The monoisotopic (exact) mass is 675 g/mol. The van der Waals surface area contributed by atoms with Crippen LogP contribution >= 0.6 is 0 Å². The molecule has 2 heterocycles.